The lowest BCUT2D eigenvalue weighted by molar-refractivity contribution is -0.137. The van der Waals surface area contributed by atoms with Gasteiger partial charge in [-0.25, -0.2) is 0 Å². The molecular formula is C18H18Cl2F3N. The van der Waals surface area contributed by atoms with E-state index in [9.17, 15) is 13.2 Å². The molecule has 24 heavy (non-hydrogen) atoms. The fourth-order valence-electron chi connectivity index (χ4n) is 2.33. The maximum atomic E-state index is 12.7. The summed E-state index contributed by atoms with van der Waals surface area (Å²) in [7, 11) is 0. The third-order valence-electron chi connectivity index (χ3n) is 3.76. The van der Waals surface area contributed by atoms with Crippen LogP contribution in [0.4, 0.5) is 13.2 Å². The largest absolute Gasteiger partial charge is 0.416 e. The second kappa shape index (κ2) is 8.24. The number of nitrogens with one attached hydrogen (secondary N) is 1. The topological polar surface area (TPSA) is 12.0 Å². The molecule has 0 bridgehead atoms. The quantitative estimate of drug-likeness (QED) is 0.640. The number of rotatable bonds is 6. The van der Waals surface area contributed by atoms with E-state index < -0.39 is 11.7 Å². The predicted molar refractivity (Wildman–Crippen MR) is 92.5 cm³/mol. The minimum atomic E-state index is -4.31. The molecule has 0 unspecified atom stereocenters. The highest BCUT2D eigenvalue weighted by Gasteiger charge is 2.30. The summed E-state index contributed by atoms with van der Waals surface area (Å²) in [4.78, 5) is 0. The molecule has 0 saturated heterocycles. The van der Waals surface area contributed by atoms with E-state index in [1.54, 1.807) is 12.1 Å². The van der Waals surface area contributed by atoms with E-state index in [1.165, 1.54) is 12.1 Å². The zero-order valence-electron chi connectivity index (χ0n) is 13.1. The lowest BCUT2D eigenvalue weighted by Gasteiger charge is -2.15. The fraction of sp³-hybridized carbons (Fsp3) is 0.333. The Bertz CT molecular complexity index is 686. The molecular weight excluding hydrogens is 358 g/mol. The molecule has 1 nitrogen and oxygen atoms in total. The highest BCUT2D eigenvalue weighted by atomic mass is 35.5. The lowest BCUT2D eigenvalue weighted by Crippen LogP contribution is -2.26. The molecule has 0 spiro atoms. The smallest absolute Gasteiger partial charge is 0.310 e. The van der Waals surface area contributed by atoms with Gasteiger partial charge in [-0.3, -0.25) is 0 Å². The summed E-state index contributed by atoms with van der Waals surface area (Å²) in [5, 5.41) is 4.30. The van der Waals surface area contributed by atoms with E-state index in [2.05, 4.69) is 5.32 Å². The first-order valence-electron chi connectivity index (χ1n) is 7.59. The first kappa shape index (κ1) is 19.1. The second-order valence-electron chi connectivity index (χ2n) is 5.77. The van der Waals surface area contributed by atoms with Gasteiger partial charge in [0.15, 0.2) is 0 Å². The maximum Gasteiger partial charge on any atom is 0.416 e. The molecule has 0 aliphatic rings. The highest BCUT2D eigenvalue weighted by Crippen LogP contribution is 2.29. The van der Waals surface area contributed by atoms with Gasteiger partial charge in [0.05, 0.1) is 15.6 Å². The molecule has 6 heteroatoms. The van der Waals surface area contributed by atoms with Crippen molar-refractivity contribution in [1.29, 1.82) is 0 Å². The molecule has 0 radical (unpaired) electrons. The summed E-state index contributed by atoms with van der Waals surface area (Å²) < 4.78 is 38.1. The molecule has 0 fully saturated rings. The van der Waals surface area contributed by atoms with Gasteiger partial charge in [0, 0.05) is 12.6 Å². The minimum Gasteiger partial charge on any atom is -0.310 e. The van der Waals surface area contributed by atoms with Crippen LogP contribution in [0.5, 0.6) is 0 Å². The van der Waals surface area contributed by atoms with E-state index >= 15 is 0 Å². The molecule has 0 aliphatic heterocycles. The predicted octanol–water partition coefficient (Wildman–Crippen LogP) is 6.12. The first-order valence-corrected chi connectivity index (χ1v) is 8.35. The van der Waals surface area contributed by atoms with Crippen LogP contribution in [0.1, 0.15) is 30.0 Å². The van der Waals surface area contributed by atoms with Gasteiger partial charge in [-0.15, -0.1) is 0 Å². The molecule has 0 aromatic heterocycles. The van der Waals surface area contributed by atoms with E-state index in [0.29, 0.717) is 22.2 Å². The van der Waals surface area contributed by atoms with E-state index in [4.69, 9.17) is 23.2 Å². The number of alkyl halides is 3. The van der Waals surface area contributed by atoms with Crippen molar-refractivity contribution >= 4 is 23.2 Å². The van der Waals surface area contributed by atoms with Gasteiger partial charge < -0.3 is 5.32 Å². The highest BCUT2D eigenvalue weighted by molar-refractivity contribution is 6.42. The lowest BCUT2D eigenvalue weighted by atomic mass is 10.1. The van der Waals surface area contributed by atoms with Crippen molar-refractivity contribution in [3.05, 3.63) is 69.2 Å². The molecule has 2 aromatic carbocycles. The van der Waals surface area contributed by atoms with Crippen LogP contribution in [0.3, 0.4) is 0 Å². The third-order valence-corrected chi connectivity index (χ3v) is 4.50. The number of benzene rings is 2. The summed E-state index contributed by atoms with van der Waals surface area (Å²) >= 11 is 11.9. The second-order valence-corrected chi connectivity index (χ2v) is 6.58. The monoisotopic (exact) mass is 375 g/mol. The summed E-state index contributed by atoms with van der Waals surface area (Å²) in [6.07, 6.45) is -2.65. The molecule has 2 aromatic rings. The molecule has 0 amide bonds. The van der Waals surface area contributed by atoms with Gasteiger partial charge in [-0.05, 0) is 49.1 Å². The van der Waals surface area contributed by atoms with Gasteiger partial charge >= 0.3 is 6.18 Å². The van der Waals surface area contributed by atoms with Crippen molar-refractivity contribution < 1.29 is 13.2 Å². The number of hydrogen-bond donors (Lipinski definition) is 1. The fourth-order valence-corrected chi connectivity index (χ4v) is 2.65. The van der Waals surface area contributed by atoms with Crippen LogP contribution in [-0.2, 0) is 19.1 Å². The Kier molecular flexibility index (Phi) is 6.55. The number of aryl methyl sites for hydroxylation is 1. The van der Waals surface area contributed by atoms with E-state index in [-0.39, 0.29) is 6.04 Å². The zero-order valence-corrected chi connectivity index (χ0v) is 14.6. The van der Waals surface area contributed by atoms with Crippen LogP contribution in [-0.4, -0.2) is 6.04 Å². The van der Waals surface area contributed by atoms with Crippen LogP contribution >= 0.6 is 23.2 Å². The molecule has 0 heterocycles. The summed E-state index contributed by atoms with van der Waals surface area (Å²) in [5.41, 5.74) is 1.08. The molecule has 2 rings (SSSR count). The summed E-state index contributed by atoms with van der Waals surface area (Å²) in [6, 6.07) is 11.1. The Morgan fingerprint density at radius 2 is 1.75 bits per heavy atom. The van der Waals surface area contributed by atoms with Crippen molar-refractivity contribution in [3.8, 4) is 0 Å². The van der Waals surface area contributed by atoms with Crippen LogP contribution in [0.25, 0.3) is 0 Å². The standard InChI is InChI=1S/C18H18Cl2F3N/c1-12(5-6-13-7-8-16(19)17(20)10-13)24-11-14-3-2-4-15(9-14)18(21,22)23/h2-4,7-10,12,24H,5-6,11H2,1H3/t12-/m1/s1. The normalized spacial score (nSPS) is 13.1. The molecule has 1 atom stereocenters. The van der Waals surface area contributed by atoms with E-state index in [0.717, 1.165) is 24.5 Å². The van der Waals surface area contributed by atoms with Crippen molar-refractivity contribution in [3.63, 3.8) is 0 Å². The molecule has 0 aliphatic carbocycles. The first-order chi connectivity index (χ1) is 11.3. The Morgan fingerprint density at radius 1 is 1.00 bits per heavy atom. The van der Waals surface area contributed by atoms with Gasteiger partial charge in [-0.2, -0.15) is 13.2 Å². The van der Waals surface area contributed by atoms with Gasteiger partial charge in [0.25, 0.3) is 0 Å². The molecule has 0 saturated carbocycles. The van der Waals surface area contributed by atoms with Gasteiger partial charge in [0.2, 0.25) is 0 Å². The maximum absolute atomic E-state index is 12.7. The van der Waals surface area contributed by atoms with Crippen molar-refractivity contribution in [2.45, 2.75) is 38.5 Å². The van der Waals surface area contributed by atoms with Crippen molar-refractivity contribution in [2.75, 3.05) is 0 Å². The average Bonchev–Trinajstić information content (AvgIpc) is 2.53. The Labute approximate surface area is 149 Å². The van der Waals surface area contributed by atoms with Gasteiger partial charge in [0.1, 0.15) is 0 Å². The van der Waals surface area contributed by atoms with Crippen LogP contribution in [0.2, 0.25) is 10.0 Å². The van der Waals surface area contributed by atoms with Crippen LogP contribution in [0, 0.1) is 0 Å². The third kappa shape index (κ3) is 5.69. The molecule has 1 N–H and O–H groups in total. The minimum absolute atomic E-state index is 0.161. The number of hydrogen-bond acceptors (Lipinski definition) is 1. The van der Waals surface area contributed by atoms with Crippen molar-refractivity contribution in [1.82, 2.24) is 5.32 Å². The van der Waals surface area contributed by atoms with Gasteiger partial charge in [-0.1, -0.05) is 47.5 Å². The number of halogens is 5. The Balaban J connectivity index is 1.85. The van der Waals surface area contributed by atoms with Crippen LogP contribution < -0.4 is 5.32 Å². The SMILES string of the molecule is C[C@H](CCc1ccc(Cl)c(Cl)c1)NCc1cccc(C(F)(F)F)c1. The zero-order chi connectivity index (χ0) is 17.7. The van der Waals surface area contributed by atoms with Crippen LogP contribution in [0.15, 0.2) is 42.5 Å². The van der Waals surface area contributed by atoms with E-state index in [1.807, 2.05) is 19.1 Å². The van der Waals surface area contributed by atoms with Crippen molar-refractivity contribution in [2.24, 2.45) is 0 Å². The summed E-state index contributed by atoms with van der Waals surface area (Å²) in [6.45, 7) is 2.40. The molecule has 130 valence electrons. The Hall–Kier alpha value is -1.23. The Morgan fingerprint density at radius 3 is 2.42 bits per heavy atom. The average molecular weight is 376 g/mol. The summed E-state index contributed by atoms with van der Waals surface area (Å²) in [5.74, 6) is 0.